The van der Waals surface area contributed by atoms with E-state index in [0.717, 1.165) is 6.29 Å². The molecule has 6 nitrogen and oxygen atoms in total. The van der Waals surface area contributed by atoms with Crippen molar-refractivity contribution in [2.75, 3.05) is 21.3 Å². The van der Waals surface area contributed by atoms with Crippen molar-refractivity contribution >= 4 is 23.9 Å². The molecule has 2 aromatic carbocycles. The number of aldehydes is 1. The van der Waals surface area contributed by atoms with Crippen molar-refractivity contribution in [1.29, 1.82) is 0 Å². The second-order valence-electron chi connectivity index (χ2n) is 6.45. The molecule has 0 aromatic heterocycles. The standard InChI is InChI=1S/C26H26O6/c1-5-8-19(18-27)9-7-12-32-22-11-6-10-21(16-22)25(26(28)31-4)15-20-13-23(29-2)17-24(14-20)30-3/h5-18H,1-4H3/b8-5-,12-7+,19-9+,25-15-. The number of allylic oxidation sites excluding steroid dienone is 5. The first-order valence-corrected chi connectivity index (χ1v) is 9.79. The molecule has 0 saturated heterocycles. The summed E-state index contributed by atoms with van der Waals surface area (Å²) < 4.78 is 21.2. The molecule has 0 aliphatic carbocycles. The maximum atomic E-state index is 12.5. The molecule has 0 spiro atoms. The van der Waals surface area contributed by atoms with Gasteiger partial charge in [-0.05, 0) is 60.5 Å². The zero-order valence-corrected chi connectivity index (χ0v) is 18.5. The van der Waals surface area contributed by atoms with Gasteiger partial charge >= 0.3 is 5.97 Å². The normalized spacial score (nSPS) is 12.1. The molecule has 0 aliphatic rings. The Morgan fingerprint density at radius 1 is 0.938 bits per heavy atom. The molecule has 0 atom stereocenters. The van der Waals surface area contributed by atoms with E-state index >= 15 is 0 Å². The summed E-state index contributed by atoms with van der Waals surface area (Å²) in [7, 11) is 4.44. The van der Waals surface area contributed by atoms with Gasteiger partial charge in [-0.25, -0.2) is 4.79 Å². The number of carbonyl (C=O) groups excluding carboxylic acids is 2. The van der Waals surface area contributed by atoms with Gasteiger partial charge in [0.1, 0.15) is 23.5 Å². The first-order chi connectivity index (χ1) is 15.5. The molecule has 0 unspecified atom stereocenters. The van der Waals surface area contributed by atoms with Gasteiger partial charge in [0, 0.05) is 11.6 Å². The van der Waals surface area contributed by atoms with Crippen molar-refractivity contribution in [3.05, 3.63) is 89.7 Å². The van der Waals surface area contributed by atoms with Crippen molar-refractivity contribution in [1.82, 2.24) is 0 Å². The van der Waals surface area contributed by atoms with E-state index in [0.29, 0.717) is 39.5 Å². The number of hydrogen-bond acceptors (Lipinski definition) is 6. The van der Waals surface area contributed by atoms with Gasteiger partial charge in [-0.3, -0.25) is 4.79 Å². The van der Waals surface area contributed by atoms with Crippen LogP contribution in [0.4, 0.5) is 0 Å². The molecule has 0 aliphatic heterocycles. The van der Waals surface area contributed by atoms with E-state index < -0.39 is 5.97 Å². The topological polar surface area (TPSA) is 71.1 Å². The van der Waals surface area contributed by atoms with Crippen LogP contribution in [-0.4, -0.2) is 33.6 Å². The van der Waals surface area contributed by atoms with Crippen LogP contribution in [-0.2, 0) is 14.3 Å². The lowest BCUT2D eigenvalue weighted by Gasteiger charge is -2.10. The van der Waals surface area contributed by atoms with Gasteiger partial charge < -0.3 is 18.9 Å². The summed E-state index contributed by atoms with van der Waals surface area (Å²) >= 11 is 0. The highest BCUT2D eigenvalue weighted by molar-refractivity contribution is 6.21. The van der Waals surface area contributed by atoms with Crippen molar-refractivity contribution in [3.8, 4) is 17.2 Å². The largest absolute Gasteiger partial charge is 0.497 e. The molecule has 0 N–H and O–H groups in total. The smallest absolute Gasteiger partial charge is 0.338 e. The van der Waals surface area contributed by atoms with Crippen molar-refractivity contribution < 1.29 is 28.5 Å². The molecule has 0 radical (unpaired) electrons. The molecule has 0 saturated carbocycles. The summed E-state index contributed by atoms with van der Waals surface area (Å²) in [5, 5.41) is 0. The van der Waals surface area contributed by atoms with Gasteiger partial charge in [0.15, 0.2) is 0 Å². The number of benzene rings is 2. The van der Waals surface area contributed by atoms with Crippen LogP contribution in [0.25, 0.3) is 11.6 Å². The highest BCUT2D eigenvalue weighted by Gasteiger charge is 2.14. The molecule has 6 heteroatoms. The van der Waals surface area contributed by atoms with Crippen LogP contribution >= 0.6 is 0 Å². The fourth-order valence-electron chi connectivity index (χ4n) is 2.78. The van der Waals surface area contributed by atoms with Crippen LogP contribution in [0.3, 0.4) is 0 Å². The Kier molecular flexibility index (Phi) is 9.53. The second kappa shape index (κ2) is 12.6. The predicted molar refractivity (Wildman–Crippen MR) is 125 cm³/mol. The van der Waals surface area contributed by atoms with E-state index in [2.05, 4.69) is 0 Å². The van der Waals surface area contributed by atoms with Crippen LogP contribution in [0.1, 0.15) is 18.1 Å². The molecular weight excluding hydrogens is 408 g/mol. The lowest BCUT2D eigenvalue weighted by atomic mass is 10.0. The Balaban J connectivity index is 2.36. The molecule has 0 bridgehead atoms. The summed E-state index contributed by atoms with van der Waals surface area (Å²) in [6.45, 7) is 1.83. The highest BCUT2D eigenvalue weighted by Crippen LogP contribution is 2.28. The third-order valence-corrected chi connectivity index (χ3v) is 4.30. The Bertz CT molecular complexity index is 1040. The molecule has 0 amide bonds. The summed E-state index contributed by atoms with van der Waals surface area (Å²) in [4.78, 5) is 23.5. The zero-order chi connectivity index (χ0) is 23.3. The lowest BCUT2D eigenvalue weighted by Crippen LogP contribution is -2.04. The van der Waals surface area contributed by atoms with Crippen LogP contribution in [0.2, 0.25) is 0 Å². The Morgan fingerprint density at radius 2 is 1.66 bits per heavy atom. The molecule has 166 valence electrons. The first-order valence-electron chi connectivity index (χ1n) is 9.79. The molecule has 0 fully saturated rings. The SMILES string of the molecule is C\C=C/C(C=O)=C\C=C\Oc1cccc(/C(=C/c2cc(OC)cc(OC)c2)C(=O)OC)c1. The van der Waals surface area contributed by atoms with E-state index in [9.17, 15) is 9.59 Å². The van der Waals surface area contributed by atoms with Crippen LogP contribution in [0.15, 0.2) is 78.6 Å². The van der Waals surface area contributed by atoms with Crippen LogP contribution in [0.5, 0.6) is 17.2 Å². The van der Waals surface area contributed by atoms with E-state index in [1.165, 1.54) is 13.4 Å². The maximum absolute atomic E-state index is 12.5. The van der Waals surface area contributed by atoms with E-state index in [4.69, 9.17) is 18.9 Å². The quantitative estimate of drug-likeness (QED) is 0.131. The molecule has 0 heterocycles. The fourth-order valence-corrected chi connectivity index (χ4v) is 2.78. The number of rotatable bonds is 10. The Morgan fingerprint density at radius 3 is 2.25 bits per heavy atom. The van der Waals surface area contributed by atoms with Gasteiger partial charge in [-0.1, -0.05) is 24.3 Å². The maximum Gasteiger partial charge on any atom is 0.338 e. The average molecular weight is 434 g/mol. The minimum atomic E-state index is -0.496. The Hall–Kier alpha value is -4.06. The predicted octanol–water partition coefficient (Wildman–Crippen LogP) is 5.01. The molecule has 2 aromatic rings. The number of esters is 1. The first kappa shape index (κ1) is 24.2. The van der Waals surface area contributed by atoms with Gasteiger partial charge in [-0.15, -0.1) is 0 Å². The highest BCUT2D eigenvalue weighted by atomic mass is 16.5. The summed E-state index contributed by atoms with van der Waals surface area (Å²) in [6, 6.07) is 12.4. The minimum Gasteiger partial charge on any atom is -0.497 e. The van der Waals surface area contributed by atoms with E-state index in [1.54, 1.807) is 87.1 Å². The van der Waals surface area contributed by atoms with Crippen molar-refractivity contribution in [3.63, 3.8) is 0 Å². The van der Waals surface area contributed by atoms with Gasteiger partial charge in [0.25, 0.3) is 0 Å². The lowest BCUT2D eigenvalue weighted by molar-refractivity contribution is -0.133. The van der Waals surface area contributed by atoms with Crippen molar-refractivity contribution in [2.24, 2.45) is 0 Å². The van der Waals surface area contributed by atoms with Gasteiger partial charge in [-0.2, -0.15) is 0 Å². The molecule has 32 heavy (non-hydrogen) atoms. The minimum absolute atomic E-state index is 0.341. The average Bonchev–Trinajstić information content (AvgIpc) is 2.83. The van der Waals surface area contributed by atoms with Crippen LogP contribution in [0, 0.1) is 0 Å². The summed E-state index contributed by atoms with van der Waals surface area (Å²) in [6.07, 6.45) is 10.6. The van der Waals surface area contributed by atoms with E-state index in [-0.39, 0.29) is 0 Å². The Labute approximate surface area is 188 Å². The number of hydrogen-bond donors (Lipinski definition) is 0. The second-order valence-corrected chi connectivity index (χ2v) is 6.45. The van der Waals surface area contributed by atoms with Crippen LogP contribution < -0.4 is 14.2 Å². The fraction of sp³-hybridized carbons (Fsp3) is 0.154. The van der Waals surface area contributed by atoms with Crippen molar-refractivity contribution in [2.45, 2.75) is 6.92 Å². The monoisotopic (exact) mass is 434 g/mol. The zero-order valence-electron chi connectivity index (χ0n) is 18.5. The third kappa shape index (κ3) is 7.02. The van der Waals surface area contributed by atoms with Gasteiger partial charge in [0.2, 0.25) is 0 Å². The number of carbonyl (C=O) groups is 2. The van der Waals surface area contributed by atoms with Gasteiger partial charge in [0.05, 0.1) is 33.2 Å². The molecule has 2 rings (SSSR count). The van der Waals surface area contributed by atoms with E-state index in [1.807, 2.05) is 6.92 Å². The third-order valence-electron chi connectivity index (χ3n) is 4.30. The number of methoxy groups -OCH3 is 3. The number of ether oxygens (including phenoxy) is 4. The summed E-state index contributed by atoms with van der Waals surface area (Å²) in [5.41, 5.74) is 2.19. The summed E-state index contributed by atoms with van der Waals surface area (Å²) in [5.74, 6) is 1.22. The molecular formula is C26H26O6.